The fraction of sp³-hybridized carbons (Fsp3) is 0.674. The highest BCUT2D eigenvalue weighted by Gasteiger charge is 2.63. The molecule has 0 aromatic carbocycles. The first-order valence-electron chi connectivity index (χ1n) is 38.4. The Balaban J connectivity index is 11.8. The van der Waals surface area contributed by atoms with E-state index in [0.717, 1.165) is 148 Å². The fourth-order valence-corrected chi connectivity index (χ4v) is 13.9. The van der Waals surface area contributed by atoms with Crippen molar-refractivity contribution < 1.29 is 0 Å². The molecule has 0 aromatic heterocycles. The van der Waals surface area contributed by atoms with Crippen molar-refractivity contribution in [3.8, 4) is 0 Å². The van der Waals surface area contributed by atoms with Crippen LogP contribution in [0.2, 0.25) is 0 Å². The van der Waals surface area contributed by atoms with Gasteiger partial charge in [0.1, 0.15) is 0 Å². The summed E-state index contributed by atoms with van der Waals surface area (Å²) in [6, 6.07) is 0. The lowest BCUT2D eigenvalue weighted by Gasteiger charge is -2.63. The van der Waals surface area contributed by atoms with Crippen molar-refractivity contribution in [1.29, 1.82) is 0 Å². The van der Waals surface area contributed by atoms with E-state index < -0.39 is 10.8 Å². The van der Waals surface area contributed by atoms with Crippen LogP contribution in [0.4, 0.5) is 0 Å². The molecule has 0 saturated heterocycles. The zero-order valence-electron chi connectivity index (χ0n) is 62.7. The second kappa shape index (κ2) is 55.9. The van der Waals surface area contributed by atoms with E-state index in [0.29, 0.717) is 0 Å². The molecule has 0 spiro atoms. The van der Waals surface area contributed by atoms with Crippen molar-refractivity contribution in [1.82, 2.24) is 0 Å². The molecule has 0 aliphatic heterocycles. The highest BCUT2D eigenvalue weighted by atomic mass is 14.7. The molecule has 0 fully saturated rings. The van der Waals surface area contributed by atoms with E-state index >= 15 is 0 Å². The van der Waals surface area contributed by atoms with E-state index in [1.54, 1.807) is 22.6 Å². The van der Waals surface area contributed by atoms with Gasteiger partial charge in [0, 0.05) is 27.6 Å². The van der Waals surface area contributed by atoms with Gasteiger partial charge < -0.3 is 0 Å². The monoisotopic (exact) mass is 1220 g/mol. The van der Waals surface area contributed by atoms with Crippen LogP contribution in [0, 0.1) is 33.5 Å². The molecule has 0 aromatic rings. The quantitative estimate of drug-likeness (QED) is 0.0323. The van der Waals surface area contributed by atoms with Crippen LogP contribution < -0.4 is 0 Å². The lowest BCUT2D eigenvalue weighted by atomic mass is 9.39. The maximum Gasteiger partial charge on any atom is 0.0118 e. The van der Waals surface area contributed by atoms with E-state index in [4.69, 9.17) is 0 Å². The van der Waals surface area contributed by atoms with Gasteiger partial charge >= 0.3 is 0 Å². The Labute approximate surface area is 559 Å². The number of hydrogen-bond acceptors (Lipinski definition) is 0. The highest BCUT2D eigenvalue weighted by Crippen LogP contribution is 2.70. The first kappa shape index (κ1) is 85.4. The lowest BCUT2D eigenvalue weighted by molar-refractivity contribution is -0.0288. The summed E-state index contributed by atoms with van der Waals surface area (Å²) in [5.74, 6) is 1.84. The van der Waals surface area contributed by atoms with Crippen molar-refractivity contribution in [2.45, 2.75) is 362 Å². The van der Waals surface area contributed by atoms with Crippen LogP contribution in [0.25, 0.3) is 0 Å². The van der Waals surface area contributed by atoms with Crippen LogP contribution in [-0.4, -0.2) is 0 Å². The Kier molecular flexibility index (Phi) is 53.7. The second-order valence-corrected chi connectivity index (χ2v) is 27.1. The normalized spacial score (nSPS) is 16.7. The minimum atomic E-state index is -0.425. The van der Waals surface area contributed by atoms with Crippen molar-refractivity contribution >= 4 is 0 Å². The Morgan fingerprint density at radius 2 is 0.876 bits per heavy atom. The predicted molar refractivity (Wildman–Crippen MR) is 411 cm³/mol. The Hall–Kier alpha value is -3.64. The summed E-state index contributed by atoms with van der Waals surface area (Å²) in [6.45, 7) is 40.9. The third kappa shape index (κ3) is 32.2. The van der Waals surface area contributed by atoms with Crippen LogP contribution >= 0.6 is 0 Å². The zero-order chi connectivity index (χ0) is 66.2. The molecule has 5 unspecified atom stereocenters. The van der Waals surface area contributed by atoms with E-state index in [1.165, 1.54) is 107 Å². The molecular formula is C89H151. The molecule has 0 heteroatoms. The summed E-state index contributed by atoms with van der Waals surface area (Å²) in [5.41, 5.74) is 6.34. The minimum absolute atomic E-state index is 0.223. The van der Waals surface area contributed by atoms with Crippen LogP contribution in [0.15, 0.2) is 168 Å². The van der Waals surface area contributed by atoms with Gasteiger partial charge in [0.25, 0.3) is 0 Å². The van der Waals surface area contributed by atoms with Crippen molar-refractivity contribution in [3.63, 3.8) is 0 Å². The third-order valence-electron chi connectivity index (χ3n) is 19.7. The Morgan fingerprint density at radius 1 is 0.382 bits per heavy atom. The topological polar surface area (TPSA) is 0 Å². The molecule has 0 amide bonds. The number of rotatable bonds is 57. The second-order valence-electron chi connectivity index (χ2n) is 27.1. The minimum Gasteiger partial charge on any atom is -0.0888 e. The van der Waals surface area contributed by atoms with Gasteiger partial charge in [-0.15, -0.1) is 0 Å². The molecule has 89 heavy (non-hydrogen) atoms. The van der Waals surface area contributed by atoms with Crippen LogP contribution in [0.3, 0.4) is 0 Å². The molecule has 0 nitrogen and oxygen atoms in total. The summed E-state index contributed by atoms with van der Waals surface area (Å²) in [6.07, 6.45) is 104. The molecule has 5 atom stereocenters. The van der Waals surface area contributed by atoms with Gasteiger partial charge in [-0.2, -0.15) is 0 Å². The average molecular weight is 1220 g/mol. The third-order valence-corrected chi connectivity index (χ3v) is 19.7. The van der Waals surface area contributed by atoms with Gasteiger partial charge in [-0.05, 0) is 207 Å². The summed E-state index contributed by atoms with van der Waals surface area (Å²) in [4.78, 5) is 0. The standard InChI is InChI=1S/C89H151/c1-18-30-41-49-52-58-66-83(67-59-53-50-42-31-19-2)86(71-61-54-44-33-21-4,72-62-55-45-34-22-5)82(17)85(70-60-51-43-32-20-3)87(74-63-46-35-23-6,75-64-47-36-24-7)89(76-65-48-37-25-8,78-81(16)79(13)14)88(73-40-28-11,77-80(15)29-12)84(68-56-38-26-9)69-57-39-27-10/h29,35,38,40,44,46-47,52,54-60,62,64-65,67,69-70,73,76,84H,18-28,30-34,36-37,39,41-43,45,48-51,53,61,63,66,68,71-72,74-75,77-78H2,1-17H3. The van der Waals surface area contributed by atoms with Crippen LogP contribution in [-0.2, 0) is 0 Å². The zero-order valence-corrected chi connectivity index (χ0v) is 62.7. The van der Waals surface area contributed by atoms with Crippen LogP contribution in [0.1, 0.15) is 362 Å². The number of allylic oxidation sites excluding steroid dienone is 28. The molecule has 0 rings (SSSR count). The van der Waals surface area contributed by atoms with Gasteiger partial charge in [-0.3, -0.25) is 0 Å². The molecule has 0 N–H and O–H groups in total. The van der Waals surface area contributed by atoms with Gasteiger partial charge in [-0.1, -0.05) is 328 Å². The van der Waals surface area contributed by atoms with E-state index in [1.807, 2.05) is 0 Å². The van der Waals surface area contributed by atoms with Gasteiger partial charge in [0.2, 0.25) is 0 Å². The Morgan fingerprint density at radius 3 is 1.48 bits per heavy atom. The van der Waals surface area contributed by atoms with Crippen molar-refractivity contribution in [3.05, 3.63) is 174 Å². The molecule has 1 radical (unpaired) electrons. The average Bonchev–Trinajstić information content (AvgIpc) is 0.756. The van der Waals surface area contributed by atoms with E-state index in [9.17, 15) is 0 Å². The summed E-state index contributed by atoms with van der Waals surface area (Å²) >= 11 is 0. The van der Waals surface area contributed by atoms with Crippen molar-refractivity contribution in [2.75, 3.05) is 0 Å². The highest BCUT2D eigenvalue weighted by molar-refractivity contribution is 5.48. The fourth-order valence-electron chi connectivity index (χ4n) is 13.9. The maximum absolute atomic E-state index is 2.98. The molecule has 0 heterocycles. The van der Waals surface area contributed by atoms with Crippen molar-refractivity contribution in [2.24, 2.45) is 27.6 Å². The largest absolute Gasteiger partial charge is 0.0888 e. The van der Waals surface area contributed by atoms with E-state index in [-0.39, 0.29) is 16.7 Å². The molecule has 507 valence electrons. The van der Waals surface area contributed by atoms with Gasteiger partial charge in [0.05, 0.1) is 0 Å². The SMILES string of the molecule is CC=C(C)CC(C=CCC)(C(C=CCCC)CC=CCC)C(C=CCCCC)(CC(C)=C(C)C)C(CC=CCCC)(CCC=CCC)C(C=CCCCCC)=C(C)C(CC=CCCCC)(CCC=CCCC)[C](C=CCCCCCC)CC=CCCCCC. The summed E-state index contributed by atoms with van der Waals surface area (Å²) < 4.78 is 0. The van der Waals surface area contributed by atoms with E-state index in [2.05, 4.69) is 257 Å². The molecular weight excluding hydrogens is 1070 g/mol. The molecule has 0 aliphatic carbocycles. The van der Waals surface area contributed by atoms with Gasteiger partial charge in [0.15, 0.2) is 0 Å². The summed E-state index contributed by atoms with van der Waals surface area (Å²) in [5, 5.41) is 0. The smallest absolute Gasteiger partial charge is 0.0118 e. The summed E-state index contributed by atoms with van der Waals surface area (Å²) in [7, 11) is 0. The Bertz CT molecular complexity index is 2150. The maximum atomic E-state index is 2.98. The van der Waals surface area contributed by atoms with Crippen LogP contribution in [0.5, 0.6) is 0 Å². The molecule has 0 saturated carbocycles. The first-order chi connectivity index (χ1) is 43.3. The molecule has 0 bridgehead atoms. The number of hydrogen-bond donors (Lipinski definition) is 0. The predicted octanol–water partition coefficient (Wildman–Crippen LogP) is 30.9. The number of unbranched alkanes of at least 4 members (excludes halogenated alkanes) is 17. The molecule has 0 aliphatic rings. The lowest BCUT2D eigenvalue weighted by Crippen LogP contribution is -2.56. The van der Waals surface area contributed by atoms with Gasteiger partial charge in [-0.25, -0.2) is 0 Å². The first-order valence-corrected chi connectivity index (χ1v) is 38.4.